The van der Waals surface area contributed by atoms with E-state index >= 15 is 4.39 Å². The SMILES string of the molecule is Cc1c(F)c(N)cc(-c2nc3c4c(nc(OCC5CCN(C)C(=O)C5)nc4c2F)NCCNCCC(C)O3)c1C(F)(F)F. The van der Waals surface area contributed by atoms with E-state index in [-0.39, 0.29) is 47.9 Å². The van der Waals surface area contributed by atoms with Gasteiger partial charge >= 0.3 is 12.2 Å². The summed E-state index contributed by atoms with van der Waals surface area (Å²) < 4.78 is 85.6. The van der Waals surface area contributed by atoms with E-state index < -0.39 is 57.5 Å². The highest BCUT2D eigenvalue weighted by atomic mass is 19.4. The largest absolute Gasteiger partial charge is 0.474 e. The first kappa shape index (κ1) is 30.4. The van der Waals surface area contributed by atoms with E-state index in [2.05, 4.69) is 25.6 Å². The molecule has 2 aromatic heterocycles. The molecule has 1 saturated heterocycles. The number of amides is 1. The molecule has 0 saturated carbocycles. The van der Waals surface area contributed by atoms with Crippen molar-refractivity contribution in [3.63, 3.8) is 0 Å². The molecule has 0 bridgehead atoms. The number of nitrogens with one attached hydrogen (secondary N) is 2. The lowest BCUT2D eigenvalue weighted by molar-refractivity contribution is -0.137. The van der Waals surface area contributed by atoms with Crippen molar-refractivity contribution >= 4 is 28.3 Å². The number of pyridine rings is 1. The van der Waals surface area contributed by atoms with Crippen molar-refractivity contribution in [3.05, 3.63) is 28.8 Å². The Morgan fingerprint density at radius 2 is 1.91 bits per heavy atom. The minimum Gasteiger partial charge on any atom is -0.474 e. The van der Waals surface area contributed by atoms with Crippen LogP contribution >= 0.6 is 0 Å². The van der Waals surface area contributed by atoms with Crippen molar-refractivity contribution in [2.24, 2.45) is 5.92 Å². The van der Waals surface area contributed by atoms with Gasteiger partial charge in [-0.05, 0) is 44.9 Å². The molecule has 2 aliphatic rings. The van der Waals surface area contributed by atoms with Crippen LogP contribution in [0.15, 0.2) is 6.07 Å². The van der Waals surface area contributed by atoms with Crippen molar-refractivity contribution < 1.29 is 36.2 Å². The quantitative estimate of drug-likeness (QED) is 0.293. The Labute approximate surface area is 244 Å². The maximum absolute atomic E-state index is 16.4. The zero-order valence-electron chi connectivity index (χ0n) is 23.9. The number of nitrogens with two attached hydrogens (primary N) is 1. The van der Waals surface area contributed by atoms with Crippen LogP contribution in [0.5, 0.6) is 11.9 Å². The van der Waals surface area contributed by atoms with Gasteiger partial charge in [0.25, 0.3) is 0 Å². The molecule has 2 aliphatic heterocycles. The Balaban J connectivity index is 1.70. The van der Waals surface area contributed by atoms with Crippen LogP contribution in [0.25, 0.3) is 22.2 Å². The average molecular weight is 610 g/mol. The third-order valence-corrected chi connectivity index (χ3v) is 7.64. The predicted molar refractivity (Wildman–Crippen MR) is 149 cm³/mol. The molecule has 1 aromatic carbocycles. The fourth-order valence-electron chi connectivity index (χ4n) is 5.24. The topological polar surface area (TPSA) is 128 Å². The summed E-state index contributed by atoms with van der Waals surface area (Å²) in [5.41, 5.74) is 0.971. The Bertz CT molecular complexity index is 1550. The Morgan fingerprint density at radius 1 is 1.14 bits per heavy atom. The normalized spacial score (nSPS) is 19.9. The van der Waals surface area contributed by atoms with Gasteiger partial charge < -0.3 is 30.7 Å². The zero-order chi connectivity index (χ0) is 31.1. The standard InChI is InChI=1S/C28H32F5N7O3/c1-13-4-6-35-7-8-36-25-19-24(38-27(39-25)42-12-15-5-9-40(3)18(41)10-15)22(30)23(37-26(19)43-13)16-11-17(34)21(29)14(2)20(16)28(31,32)33/h11,13,15,35H,4-10,12,34H2,1-3H3,(H,36,38,39). The number of rotatable bonds is 4. The van der Waals surface area contributed by atoms with Crippen LogP contribution < -0.4 is 25.8 Å². The number of carbonyl (C=O) groups is 1. The number of carbonyl (C=O) groups excluding carboxylic acids is 1. The Kier molecular flexibility index (Phi) is 8.45. The van der Waals surface area contributed by atoms with E-state index in [0.717, 1.165) is 6.92 Å². The number of hydrogen-bond donors (Lipinski definition) is 3. The predicted octanol–water partition coefficient (Wildman–Crippen LogP) is 4.30. The van der Waals surface area contributed by atoms with Gasteiger partial charge in [-0.1, -0.05) is 0 Å². The molecule has 15 heteroatoms. The number of halogens is 5. The second kappa shape index (κ2) is 11.9. The molecule has 2 atom stereocenters. The number of aromatic nitrogens is 3. The van der Waals surface area contributed by atoms with Gasteiger partial charge in [0.2, 0.25) is 11.8 Å². The summed E-state index contributed by atoms with van der Waals surface area (Å²) in [6.45, 7) is 4.73. The number of benzene rings is 1. The lowest BCUT2D eigenvalue weighted by Gasteiger charge is -2.28. The van der Waals surface area contributed by atoms with Crippen LogP contribution in [0.1, 0.15) is 37.3 Å². The summed E-state index contributed by atoms with van der Waals surface area (Å²) >= 11 is 0. The average Bonchev–Trinajstić information content (AvgIpc) is 2.97. The smallest absolute Gasteiger partial charge is 0.417 e. The van der Waals surface area contributed by atoms with Gasteiger partial charge in [-0.3, -0.25) is 4.79 Å². The van der Waals surface area contributed by atoms with Crippen LogP contribution in [0, 0.1) is 24.5 Å². The van der Waals surface area contributed by atoms with Gasteiger partial charge in [-0.2, -0.15) is 23.1 Å². The van der Waals surface area contributed by atoms with Crippen molar-refractivity contribution in [2.75, 3.05) is 50.9 Å². The summed E-state index contributed by atoms with van der Waals surface area (Å²) in [6, 6.07) is 0.466. The van der Waals surface area contributed by atoms with E-state index in [1.807, 2.05) is 0 Å². The van der Waals surface area contributed by atoms with Crippen LogP contribution in [0.2, 0.25) is 0 Å². The van der Waals surface area contributed by atoms with Gasteiger partial charge in [0, 0.05) is 44.6 Å². The van der Waals surface area contributed by atoms with Crippen molar-refractivity contribution in [2.45, 2.75) is 45.4 Å². The third kappa shape index (κ3) is 6.21. The van der Waals surface area contributed by atoms with Crippen LogP contribution in [0.4, 0.5) is 33.5 Å². The maximum atomic E-state index is 16.4. The van der Waals surface area contributed by atoms with E-state index in [1.54, 1.807) is 18.9 Å². The molecule has 2 unspecified atom stereocenters. The molecule has 1 fully saturated rings. The molecule has 10 nitrogen and oxygen atoms in total. The minimum absolute atomic E-state index is 0.0113. The van der Waals surface area contributed by atoms with Gasteiger partial charge in [-0.25, -0.2) is 13.8 Å². The molecule has 1 amide bonds. The lowest BCUT2D eigenvalue weighted by Crippen LogP contribution is -2.37. The lowest BCUT2D eigenvalue weighted by atomic mass is 9.96. The highest BCUT2D eigenvalue weighted by Crippen LogP contribution is 2.44. The summed E-state index contributed by atoms with van der Waals surface area (Å²) in [5, 5.41) is 6.33. The number of nitrogens with zero attached hydrogens (tertiary/aromatic N) is 4. The van der Waals surface area contributed by atoms with E-state index in [1.165, 1.54) is 0 Å². The molecule has 43 heavy (non-hydrogen) atoms. The number of hydrogen-bond acceptors (Lipinski definition) is 9. The first-order chi connectivity index (χ1) is 20.3. The number of anilines is 2. The monoisotopic (exact) mass is 609 g/mol. The fourth-order valence-corrected chi connectivity index (χ4v) is 5.24. The van der Waals surface area contributed by atoms with Gasteiger partial charge in [0.1, 0.15) is 28.2 Å². The molecule has 5 rings (SSSR count). The summed E-state index contributed by atoms with van der Waals surface area (Å²) in [6.07, 6.45) is -4.10. The first-order valence-electron chi connectivity index (χ1n) is 13.9. The van der Waals surface area contributed by atoms with Crippen LogP contribution in [0.3, 0.4) is 0 Å². The number of piperidine rings is 1. The third-order valence-electron chi connectivity index (χ3n) is 7.64. The Morgan fingerprint density at radius 3 is 2.63 bits per heavy atom. The molecule has 0 spiro atoms. The summed E-state index contributed by atoms with van der Waals surface area (Å²) in [4.78, 5) is 26.6. The van der Waals surface area contributed by atoms with Crippen molar-refractivity contribution in [1.82, 2.24) is 25.2 Å². The Hall–Kier alpha value is -4.01. The maximum Gasteiger partial charge on any atom is 0.417 e. The second-order valence-corrected chi connectivity index (χ2v) is 10.9. The molecule has 0 aliphatic carbocycles. The molecule has 4 N–H and O–H groups in total. The fraction of sp³-hybridized carbons (Fsp3) is 0.500. The van der Waals surface area contributed by atoms with Gasteiger partial charge in [0.15, 0.2) is 5.82 Å². The second-order valence-electron chi connectivity index (χ2n) is 10.9. The van der Waals surface area contributed by atoms with E-state index in [9.17, 15) is 22.4 Å². The number of likely N-dealkylation sites (tertiary alicyclic amines) is 1. The zero-order valence-corrected chi connectivity index (χ0v) is 23.9. The molecular weight excluding hydrogens is 577 g/mol. The first-order valence-corrected chi connectivity index (χ1v) is 13.9. The van der Waals surface area contributed by atoms with Gasteiger partial charge in [-0.15, -0.1) is 0 Å². The number of ether oxygens (including phenoxy) is 2. The minimum atomic E-state index is -5.06. The highest BCUT2D eigenvalue weighted by Gasteiger charge is 2.39. The molecule has 3 aromatic rings. The molecule has 4 heterocycles. The van der Waals surface area contributed by atoms with Crippen LogP contribution in [-0.4, -0.2) is 71.7 Å². The summed E-state index contributed by atoms with van der Waals surface area (Å²) in [7, 11) is 1.71. The molecular formula is C28H32F5N7O3. The van der Waals surface area contributed by atoms with Crippen molar-refractivity contribution in [3.8, 4) is 23.1 Å². The summed E-state index contributed by atoms with van der Waals surface area (Å²) in [5.74, 6) is -2.74. The number of alkyl halides is 3. The van der Waals surface area contributed by atoms with Crippen LogP contribution in [-0.2, 0) is 11.0 Å². The van der Waals surface area contributed by atoms with E-state index in [4.69, 9.17) is 15.2 Å². The number of nitrogen functional groups attached to an aromatic ring is 1. The molecule has 0 radical (unpaired) electrons. The molecule has 232 valence electrons. The van der Waals surface area contributed by atoms with E-state index in [0.29, 0.717) is 45.1 Å². The highest BCUT2D eigenvalue weighted by molar-refractivity contribution is 5.96. The van der Waals surface area contributed by atoms with Gasteiger partial charge in [0.05, 0.1) is 24.0 Å². The van der Waals surface area contributed by atoms with Crippen molar-refractivity contribution in [1.29, 1.82) is 0 Å².